The zero-order valence-electron chi connectivity index (χ0n) is 17.2. The molecule has 4 N–H and O–H groups in total. The number of nitrogens with two attached hydrogens (primary N) is 1. The van der Waals surface area contributed by atoms with Crippen LogP contribution in [-0.2, 0) is 9.59 Å². The van der Waals surface area contributed by atoms with Gasteiger partial charge in [0.25, 0.3) is 5.91 Å². The smallest absolute Gasteiger partial charge is 0.325 e. The third-order valence-electron chi connectivity index (χ3n) is 5.46. The van der Waals surface area contributed by atoms with Gasteiger partial charge in [0.2, 0.25) is 5.91 Å². The number of anilines is 2. The van der Waals surface area contributed by atoms with Crippen LogP contribution in [0.2, 0.25) is 0 Å². The highest BCUT2D eigenvalue weighted by Crippen LogP contribution is 2.46. The predicted octanol–water partition coefficient (Wildman–Crippen LogP) is 2.77. The van der Waals surface area contributed by atoms with Crippen LogP contribution in [0.15, 0.2) is 18.2 Å². The van der Waals surface area contributed by atoms with E-state index in [-0.39, 0.29) is 30.3 Å². The van der Waals surface area contributed by atoms with Gasteiger partial charge in [-0.3, -0.25) is 14.5 Å². The van der Waals surface area contributed by atoms with E-state index in [0.717, 1.165) is 11.3 Å². The van der Waals surface area contributed by atoms with Gasteiger partial charge < -0.3 is 21.1 Å². The maximum Gasteiger partial charge on any atom is 0.325 e. The number of amides is 4. The van der Waals surface area contributed by atoms with E-state index >= 15 is 0 Å². The van der Waals surface area contributed by atoms with Crippen molar-refractivity contribution in [1.82, 2.24) is 10.2 Å². The Bertz CT molecular complexity index is 829. The molecule has 160 valence electrons. The molecule has 1 aromatic rings. The number of carbonyl (C=O) groups is 3. The lowest BCUT2D eigenvalue weighted by molar-refractivity contribution is -0.136. The summed E-state index contributed by atoms with van der Waals surface area (Å²) < 4.78 is 5.13. The SMILES string of the molecule is COc1ccc(N)c(NC(=O)CN2C(=O)NC3(CC(C)CC(C)(C)C3)C2=O)c1.Cl. The standard InChI is InChI=1S/C20H28N4O4.ClH/c1-12-8-19(2,3)11-20(9-12)17(26)24(18(27)23-20)10-16(25)22-15-7-13(28-4)5-6-14(15)21;/h5-7,12H,8-11,21H2,1-4H3,(H,22,25)(H,23,27);1H. The number of nitrogens with one attached hydrogen (secondary N) is 2. The van der Waals surface area contributed by atoms with Crippen molar-refractivity contribution in [2.75, 3.05) is 24.7 Å². The van der Waals surface area contributed by atoms with Gasteiger partial charge in [0.1, 0.15) is 17.8 Å². The molecule has 3 rings (SSSR count). The summed E-state index contributed by atoms with van der Waals surface area (Å²) in [6.07, 6.45) is 2.14. The molecule has 2 aliphatic rings. The average molecular weight is 425 g/mol. The van der Waals surface area contributed by atoms with Gasteiger partial charge in [0, 0.05) is 6.07 Å². The molecule has 0 aromatic heterocycles. The molecule has 1 aromatic carbocycles. The van der Waals surface area contributed by atoms with Crippen molar-refractivity contribution in [2.24, 2.45) is 11.3 Å². The Morgan fingerprint density at radius 1 is 1.34 bits per heavy atom. The first-order valence-corrected chi connectivity index (χ1v) is 9.43. The van der Waals surface area contributed by atoms with Crippen LogP contribution in [0.3, 0.4) is 0 Å². The number of ether oxygens (including phenoxy) is 1. The van der Waals surface area contributed by atoms with Crippen molar-refractivity contribution < 1.29 is 19.1 Å². The third kappa shape index (κ3) is 4.58. The van der Waals surface area contributed by atoms with Crippen molar-refractivity contribution in [3.63, 3.8) is 0 Å². The van der Waals surface area contributed by atoms with E-state index in [9.17, 15) is 14.4 Å². The van der Waals surface area contributed by atoms with E-state index < -0.39 is 17.5 Å². The molecule has 4 amide bonds. The molecule has 1 aliphatic heterocycles. The highest BCUT2D eigenvalue weighted by atomic mass is 35.5. The lowest BCUT2D eigenvalue weighted by atomic mass is 9.64. The fraction of sp³-hybridized carbons (Fsp3) is 0.550. The quantitative estimate of drug-likeness (QED) is 0.508. The Morgan fingerprint density at radius 3 is 2.66 bits per heavy atom. The van der Waals surface area contributed by atoms with Gasteiger partial charge in [-0.25, -0.2) is 4.79 Å². The topological polar surface area (TPSA) is 114 Å². The molecule has 8 nitrogen and oxygen atoms in total. The van der Waals surface area contributed by atoms with Gasteiger partial charge in [0.05, 0.1) is 18.5 Å². The summed E-state index contributed by atoms with van der Waals surface area (Å²) in [6.45, 7) is 5.93. The summed E-state index contributed by atoms with van der Waals surface area (Å²) in [5, 5.41) is 5.52. The first kappa shape index (κ1) is 22.8. The number of hydrogen-bond acceptors (Lipinski definition) is 5. The molecular weight excluding hydrogens is 396 g/mol. The van der Waals surface area contributed by atoms with Crippen LogP contribution in [0, 0.1) is 11.3 Å². The van der Waals surface area contributed by atoms with Gasteiger partial charge in [-0.15, -0.1) is 12.4 Å². The molecule has 1 spiro atoms. The van der Waals surface area contributed by atoms with Crippen molar-refractivity contribution >= 4 is 41.6 Å². The fourth-order valence-corrected chi connectivity index (χ4v) is 4.75. The molecule has 0 bridgehead atoms. The van der Waals surface area contributed by atoms with Crippen LogP contribution in [-0.4, -0.2) is 41.9 Å². The van der Waals surface area contributed by atoms with Crippen LogP contribution >= 0.6 is 12.4 Å². The van der Waals surface area contributed by atoms with Crippen molar-refractivity contribution in [3.8, 4) is 5.75 Å². The zero-order valence-corrected chi connectivity index (χ0v) is 18.0. The Labute approximate surface area is 176 Å². The first-order chi connectivity index (χ1) is 13.0. The van der Waals surface area contributed by atoms with Gasteiger partial charge in [-0.1, -0.05) is 20.8 Å². The average Bonchev–Trinajstić information content (AvgIpc) is 2.78. The molecular formula is C20H29ClN4O4. The van der Waals surface area contributed by atoms with Crippen LogP contribution < -0.4 is 21.1 Å². The molecule has 1 heterocycles. The number of hydrogen-bond donors (Lipinski definition) is 3. The predicted molar refractivity (Wildman–Crippen MR) is 113 cm³/mol. The Kier molecular flexibility index (Phi) is 6.37. The second-order valence-corrected chi connectivity index (χ2v) is 8.76. The molecule has 29 heavy (non-hydrogen) atoms. The van der Waals surface area contributed by atoms with E-state index in [4.69, 9.17) is 10.5 Å². The number of benzene rings is 1. The van der Waals surface area contributed by atoms with Gasteiger partial charge >= 0.3 is 6.03 Å². The molecule has 2 atom stereocenters. The number of carbonyl (C=O) groups excluding carboxylic acids is 3. The van der Waals surface area contributed by atoms with E-state index in [1.54, 1.807) is 18.2 Å². The fourth-order valence-electron chi connectivity index (χ4n) is 4.75. The number of nitrogens with zero attached hydrogens (tertiary/aromatic N) is 1. The second-order valence-electron chi connectivity index (χ2n) is 8.76. The molecule has 2 unspecified atom stereocenters. The summed E-state index contributed by atoms with van der Waals surface area (Å²) in [5.41, 5.74) is 5.64. The monoisotopic (exact) mass is 424 g/mol. The Balaban J connectivity index is 0.00000300. The first-order valence-electron chi connectivity index (χ1n) is 9.43. The minimum absolute atomic E-state index is 0. The van der Waals surface area contributed by atoms with Crippen LogP contribution in [0.4, 0.5) is 16.2 Å². The summed E-state index contributed by atoms with van der Waals surface area (Å²) in [6, 6.07) is 4.36. The summed E-state index contributed by atoms with van der Waals surface area (Å²) in [7, 11) is 1.51. The lowest BCUT2D eigenvalue weighted by Crippen LogP contribution is -2.54. The van der Waals surface area contributed by atoms with E-state index in [0.29, 0.717) is 35.9 Å². The minimum atomic E-state index is -0.923. The summed E-state index contributed by atoms with van der Waals surface area (Å²) >= 11 is 0. The van der Waals surface area contributed by atoms with Gasteiger partial charge in [-0.05, 0) is 42.7 Å². The van der Waals surface area contributed by atoms with Gasteiger partial charge in [0.15, 0.2) is 0 Å². The maximum atomic E-state index is 13.1. The molecule has 1 aliphatic carbocycles. The Hall–Kier alpha value is -2.48. The van der Waals surface area contributed by atoms with E-state index in [2.05, 4.69) is 31.4 Å². The number of methoxy groups -OCH3 is 1. The summed E-state index contributed by atoms with van der Waals surface area (Å²) in [5.74, 6) is 0.0183. The molecule has 1 saturated carbocycles. The maximum absolute atomic E-state index is 13.1. The molecule has 9 heteroatoms. The van der Waals surface area contributed by atoms with Crippen molar-refractivity contribution in [2.45, 2.75) is 45.6 Å². The minimum Gasteiger partial charge on any atom is -0.497 e. The van der Waals surface area contributed by atoms with E-state index in [1.807, 2.05) is 0 Å². The number of nitrogen functional groups attached to an aromatic ring is 1. The Morgan fingerprint density at radius 2 is 2.03 bits per heavy atom. The molecule has 2 fully saturated rings. The lowest BCUT2D eigenvalue weighted by Gasteiger charge is -2.43. The normalized spacial score (nSPS) is 25.4. The molecule has 0 radical (unpaired) electrons. The number of urea groups is 1. The van der Waals surface area contributed by atoms with E-state index in [1.165, 1.54) is 7.11 Å². The highest BCUT2D eigenvalue weighted by Gasteiger charge is 2.56. The third-order valence-corrected chi connectivity index (χ3v) is 5.46. The van der Waals surface area contributed by atoms with Crippen molar-refractivity contribution in [3.05, 3.63) is 18.2 Å². The summed E-state index contributed by atoms with van der Waals surface area (Å²) in [4.78, 5) is 39.1. The number of rotatable bonds is 4. The highest BCUT2D eigenvalue weighted by molar-refractivity contribution is 6.10. The number of halogens is 1. The van der Waals surface area contributed by atoms with Crippen molar-refractivity contribution in [1.29, 1.82) is 0 Å². The zero-order chi connectivity index (χ0) is 20.7. The van der Waals surface area contributed by atoms with Crippen LogP contribution in [0.1, 0.15) is 40.0 Å². The molecule has 1 saturated heterocycles. The second kappa shape index (κ2) is 8.10. The number of imide groups is 1. The largest absolute Gasteiger partial charge is 0.497 e. The van der Waals surface area contributed by atoms with Crippen LogP contribution in [0.25, 0.3) is 0 Å². The van der Waals surface area contributed by atoms with Gasteiger partial charge in [-0.2, -0.15) is 0 Å². The van der Waals surface area contributed by atoms with Crippen LogP contribution in [0.5, 0.6) is 5.75 Å².